The standard InChI is InChI=1S/C22H25FN4S/c1-3-26-21(18-9-10-18)24-27(22(26)28)15-25(2)20(16-7-5-4-6-8-16)17-11-13-19(23)14-12-17/h4-8,11-14,18,20H,3,9-10,15H2,1-2H3/t20-/m1/s1. The van der Waals surface area contributed by atoms with Crippen molar-refractivity contribution < 1.29 is 4.39 Å². The van der Waals surface area contributed by atoms with Crippen molar-refractivity contribution in [2.24, 2.45) is 0 Å². The number of aromatic nitrogens is 3. The Kier molecular flexibility index (Phi) is 5.42. The number of rotatable bonds is 7. The Bertz CT molecular complexity index is 990. The number of nitrogens with zero attached hydrogens (tertiary/aromatic N) is 4. The molecule has 0 aliphatic heterocycles. The summed E-state index contributed by atoms with van der Waals surface area (Å²) in [5.41, 5.74) is 2.19. The summed E-state index contributed by atoms with van der Waals surface area (Å²) >= 11 is 5.70. The minimum Gasteiger partial charge on any atom is -0.304 e. The van der Waals surface area contributed by atoms with Gasteiger partial charge in [-0.2, -0.15) is 5.10 Å². The first-order chi connectivity index (χ1) is 13.6. The van der Waals surface area contributed by atoms with Gasteiger partial charge in [-0.1, -0.05) is 42.5 Å². The van der Waals surface area contributed by atoms with Crippen molar-refractivity contribution in [2.75, 3.05) is 7.05 Å². The first-order valence-electron chi connectivity index (χ1n) is 9.76. The lowest BCUT2D eigenvalue weighted by atomic mass is 9.98. The minimum atomic E-state index is -0.226. The van der Waals surface area contributed by atoms with E-state index in [1.807, 2.05) is 35.0 Å². The molecule has 3 aromatic rings. The van der Waals surface area contributed by atoms with E-state index in [0.29, 0.717) is 12.6 Å². The third-order valence-corrected chi connectivity index (χ3v) is 5.74. The van der Waals surface area contributed by atoms with Crippen molar-refractivity contribution in [2.45, 2.75) is 44.9 Å². The molecule has 1 aliphatic rings. The molecule has 1 atom stereocenters. The van der Waals surface area contributed by atoms with Gasteiger partial charge < -0.3 is 4.57 Å². The van der Waals surface area contributed by atoms with Crippen LogP contribution in [0.5, 0.6) is 0 Å². The number of halogens is 1. The van der Waals surface area contributed by atoms with E-state index in [1.54, 1.807) is 0 Å². The van der Waals surface area contributed by atoms with Crippen molar-refractivity contribution >= 4 is 12.2 Å². The van der Waals surface area contributed by atoms with Gasteiger partial charge in [0.15, 0.2) is 4.77 Å². The van der Waals surface area contributed by atoms with Gasteiger partial charge in [-0.15, -0.1) is 0 Å². The fraction of sp³-hybridized carbons (Fsp3) is 0.364. The highest BCUT2D eigenvalue weighted by molar-refractivity contribution is 7.71. The zero-order valence-electron chi connectivity index (χ0n) is 16.3. The van der Waals surface area contributed by atoms with Gasteiger partial charge in [0.25, 0.3) is 0 Å². The summed E-state index contributed by atoms with van der Waals surface area (Å²) in [4.78, 5) is 2.21. The van der Waals surface area contributed by atoms with Crippen LogP contribution in [-0.4, -0.2) is 26.3 Å². The highest BCUT2D eigenvalue weighted by Gasteiger charge is 2.30. The molecule has 0 spiro atoms. The molecule has 0 N–H and O–H groups in total. The molecule has 1 fully saturated rings. The Morgan fingerprint density at radius 3 is 2.36 bits per heavy atom. The van der Waals surface area contributed by atoms with Crippen LogP contribution < -0.4 is 0 Å². The Hall–Kier alpha value is -2.31. The minimum absolute atomic E-state index is 0.0140. The lowest BCUT2D eigenvalue weighted by Gasteiger charge is -2.28. The Morgan fingerprint density at radius 1 is 1.11 bits per heavy atom. The maximum atomic E-state index is 13.5. The fourth-order valence-corrected chi connectivity index (χ4v) is 4.09. The van der Waals surface area contributed by atoms with E-state index in [-0.39, 0.29) is 11.9 Å². The van der Waals surface area contributed by atoms with E-state index in [0.717, 1.165) is 28.3 Å². The summed E-state index contributed by atoms with van der Waals surface area (Å²) in [6.07, 6.45) is 2.40. The van der Waals surface area contributed by atoms with Crippen LogP contribution in [0.2, 0.25) is 0 Å². The summed E-state index contributed by atoms with van der Waals surface area (Å²) in [7, 11) is 2.06. The molecule has 4 nitrogen and oxygen atoms in total. The van der Waals surface area contributed by atoms with Gasteiger partial charge in [0.1, 0.15) is 11.6 Å². The number of hydrogen-bond donors (Lipinski definition) is 0. The Morgan fingerprint density at radius 2 is 1.75 bits per heavy atom. The summed E-state index contributed by atoms with van der Waals surface area (Å²) in [5.74, 6) is 1.44. The third kappa shape index (κ3) is 3.80. The second-order valence-electron chi connectivity index (χ2n) is 7.42. The summed E-state index contributed by atoms with van der Waals surface area (Å²) in [6.45, 7) is 3.53. The maximum Gasteiger partial charge on any atom is 0.199 e. The van der Waals surface area contributed by atoms with Gasteiger partial charge in [0.05, 0.1) is 12.7 Å². The topological polar surface area (TPSA) is 26.0 Å². The first kappa shape index (κ1) is 19.0. The van der Waals surface area contributed by atoms with Gasteiger partial charge in [-0.3, -0.25) is 4.90 Å². The highest BCUT2D eigenvalue weighted by Crippen LogP contribution is 2.39. The van der Waals surface area contributed by atoms with E-state index in [9.17, 15) is 4.39 Å². The van der Waals surface area contributed by atoms with Crippen molar-refractivity contribution in [3.63, 3.8) is 0 Å². The molecule has 1 aromatic heterocycles. The predicted octanol–water partition coefficient (Wildman–Crippen LogP) is 5.13. The van der Waals surface area contributed by atoms with E-state index in [1.165, 1.54) is 25.0 Å². The first-order valence-corrected chi connectivity index (χ1v) is 10.2. The molecule has 0 amide bonds. The normalized spacial score (nSPS) is 15.1. The smallest absolute Gasteiger partial charge is 0.199 e. The molecule has 1 saturated carbocycles. The summed E-state index contributed by atoms with van der Waals surface area (Å²) in [6, 6.07) is 17.0. The van der Waals surface area contributed by atoms with Crippen LogP contribution in [0.15, 0.2) is 54.6 Å². The maximum absolute atomic E-state index is 13.5. The molecule has 0 radical (unpaired) electrons. The molecule has 1 aliphatic carbocycles. The molecule has 28 heavy (non-hydrogen) atoms. The second kappa shape index (κ2) is 7.97. The van der Waals surface area contributed by atoms with E-state index in [2.05, 4.69) is 35.6 Å². The largest absolute Gasteiger partial charge is 0.304 e. The van der Waals surface area contributed by atoms with E-state index >= 15 is 0 Å². The molecular formula is C22H25FN4S. The zero-order chi connectivity index (χ0) is 19.7. The summed E-state index contributed by atoms with van der Waals surface area (Å²) < 4.78 is 18.3. The monoisotopic (exact) mass is 396 g/mol. The van der Waals surface area contributed by atoms with Crippen LogP contribution in [0, 0.1) is 10.6 Å². The molecule has 6 heteroatoms. The van der Waals surface area contributed by atoms with Crippen LogP contribution >= 0.6 is 12.2 Å². The van der Waals surface area contributed by atoms with E-state index in [4.69, 9.17) is 17.3 Å². The average Bonchev–Trinajstić information content (AvgIpc) is 3.50. The Labute approximate surface area is 170 Å². The lowest BCUT2D eigenvalue weighted by molar-refractivity contribution is 0.207. The predicted molar refractivity (Wildman–Crippen MR) is 111 cm³/mol. The molecule has 0 bridgehead atoms. The van der Waals surface area contributed by atoms with Crippen LogP contribution in [0.4, 0.5) is 4.39 Å². The molecule has 0 unspecified atom stereocenters. The Balaban J connectivity index is 1.67. The number of hydrogen-bond acceptors (Lipinski definition) is 3. The SMILES string of the molecule is CCn1c(C2CC2)nn(CN(C)[C@H](c2ccccc2)c2ccc(F)cc2)c1=S. The van der Waals surface area contributed by atoms with Gasteiger partial charge >= 0.3 is 0 Å². The van der Waals surface area contributed by atoms with Crippen LogP contribution in [0.3, 0.4) is 0 Å². The van der Waals surface area contributed by atoms with Crippen molar-refractivity contribution in [3.05, 3.63) is 82.1 Å². The molecule has 4 rings (SSSR count). The molecule has 146 valence electrons. The van der Waals surface area contributed by atoms with Gasteiger partial charge in [0.2, 0.25) is 0 Å². The second-order valence-corrected chi connectivity index (χ2v) is 7.79. The third-order valence-electron chi connectivity index (χ3n) is 5.31. The van der Waals surface area contributed by atoms with Crippen LogP contribution in [0.1, 0.15) is 48.7 Å². The highest BCUT2D eigenvalue weighted by atomic mass is 32.1. The molecule has 1 heterocycles. The van der Waals surface area contributed by atoms with Gasteiger partial charge in [0, 0.05) is 12.5 Å². The number of benzene rings is 2. The molecular weight excluding hydrogens is 371 g/mol. The summed E-state index contributed by atoms with van der Waals surface area (Å²) in [5, 5.41) is 4.84. The zero-order valence-corrected chi connectivity index (χ0v) is 17.1. The van der Waals surface area contributed by atoms with Gasteiger partial charge in [-0.25, -0.2) is 9.07 Å². The van der Waals surface area contributed by atoms with Crippen molar-refractivity contribution in [3.8, 4) is 0 Å². The molecule has 0 saturated heterocycles. The lowest BCUT2D eigenvalue weighted by Crippen LogP contribution is -2.28. The van der Waals surface area contributed by atoms with Crippen LogP contribution in [-0.2, 0) is 13.2 Å². The van der Waals surface area contributed by atoms with Crippen molar-refractivity contribution in [1.29, 1.82) is 0 Å². The van der Waals surface area contributed by atoms with Gasteiger partial charge in [-0.05, 0) is 62.3 Å². The quantitative estimate of drug-likeness (QED) is 0.518. The fourth-order valence-electron chi connectivity index (χ4n) is 3.77. The van der Waals surface area contributed by atoms with Crippen LogP contribution in [0.25, 0.3) is 0 Å². The molecule has 2 aromatic carbocycles. The van der Waals surface area contributed by atoms with E-state index < -0.39 is 0 Å². The average molecular weight is 397 g/mol. The van der Waals surface area contributed by atoms with Crippen molar-refractivity contribution in [1.82, 2.24) is 19.2 Å².